The van der Waals surface area contributed by atoms with Gasteiger partial charge in [-0.2, -0.15) is 26.3 Å². The van der Waals surface area contributed by atoms with Crippen LogP contribution in [0.3, 0.4) is 0 Å². The van der Waals surface area contributed by atoms with E-state index < -0.39 is 86.5 Å². The molecule has 0 aliphatic heterocycles. The zero-order valence-corrected chi connectivity index (χ0v) is 18.3. The van der Waals surface area contributed by atoms with E-state index in [0.717, 1.165) is 0 Å². The molecular formula is C18H26F6N2O7. The fourth-order valence-corrected chi connectivity index (χ4v) is 2.22. The van der Waals surface area contributed by atoms with Crippen molar-refractivity contribution in [1.82, 2.24) is 10.6 Å². The van der Waals surface area contributed by atoms with Crippen LogP contribution in [0.25, 0.3) is 0 Å². The molecule has 0 spiro atoms. The number of alkyl halides is 6. The molecule has 0 aromatic carbocycles. The molecule has 2 unspecified atom stereocenters. The maximum absolute atomic E-state index is 12.5. The van der Waals surface area contributed by atoms with Crippen LogP contribution in [0, 0.1) is 0 Å². The molecule has 192 valence electrons. The largest absolute Gasteiger partial charge is 0.471 e. The van der Waals surface area contributed by atoms with Crippen molar-refractivity contribution in [2.75, 3.05) is 13.1 Å². The van der Waals surface area contributed by atoms with Gasteiger partial charge >= 0.3 is 36.1 Å². The Morgan fingerprint density at radius 2 is 0.970 bits per heavy atom. The summed E-state index contributed by atoms with van der Waals surface area (Å²) in [5, 5.41) is 2.96. The van der Waals surface area contributed by atoms with Crippen molar-refractivity contribution in [1.29, 1.82) is 0 Å². The molecule has 0 heterocycles. The van der Waals surface area contributed by atoms with Crippen molar-refractivity contribution in [2.24, 2.45) is 0 Å². The van der Waals surface area contributed by atoms with E-state index in [0.29, 0.717) is 0 Å². The molecular weight excluding hydrogens is 470 g/mol. The maximum Gasteiger partial charge on any atom is 0.471 e. The first kappa shape index (κ1) is 30.4. The summed E-state index contributed by atoms with van der Waals surface area (Å²) in [5.74, 6) is -6.60. The van der Waals surface area contributed by atoms with Crippen molar-refractivity contribution in [3.05, 3.63) is 0 Å². The van der Waals surface area contributed by atoms with Crippen LogP contribution in [0.4, 0.5) is 26.3 Å². The molecule has 0 saturated heterocycles. The molecule has 0 fully saturated rings. The van der Waals surface area contributed by atoms with E-state index in [1.807, 2.05) is 0 Å². The summed E-state index contributed by atoms with van der Waals surface area (Å²) in [5.41, 5.74) is 0. The predicted molar refractivity (Wildman–Crippen MR) is 98.5 cm³/mol. The molecule has 0 aliphatic carbocycles. The molecule has 0 rings (SSSR count). The Bertz CT molecular complexity index is 624. The lowest BCUT2D eigenvalue weighted by atomic mass is 10.2. The first-order valence-electron chi connectivity index (χ1n) is 9.66. The zero-order valence-electron chi connectivity index (χ0n) is 18.3. The van der Waals surface area contributed by atoms with Crippen LogP contribution in [-0.4, -0.2) is 73.6 Å². The van der Waals surface area contributed by atoms with E-state index in [1.54, 1.807) is 0 Å². The summed E-state index contributed by atoms with van der Waals surface area (Å²) in [6.45, 7) is 4.14. The highest BCUT2D eigenvalue weighted by molar-refractivity contribution is 5.82. The van der Waals surface area contributed by atoms with Gasteiger partial charge in [0, 0.05) is 13.1 Å². The highest BCUT2D eigenvalue weighted by atomic mass is 19.4. The molecule has 0 aromatic heterocycles. The Labute approximate surface area is 185 Å². The predicted octanol–water partition coefficient (Wildman–Crippen LogP) is 1.78. The second-order valence-corrected chi connectivity index (χ2v) is 7.28. The molecule has 2 atom stereocenters. The van der Waals surface area contributed by atoms with Crippen molar-refractivity contribution >= 4 is 23.8 Å². The molecule has 0 aromatic rings. The average molecular weight is 496 g/mol. The normalized spacial score (nSPS) is 13.9. The van der Waals surface area contributed by atoms with Crippen molar-refractivity contribution in [3.8, 4) is 0 Å². The topological polar surface area (TPSA) is 120 Å². The highest BCUT2D eigenvalue weighted by Crippen LogP contribution is 2.16. The van der Waals surface area contributed by atoms with Gasteiger partial charge in [-0.3, -0.25) is 19.2 Å². The van der Waals surface area contributed by atoms with Gasteiger partial charge in [0.15, 0.2) is 0 Å². The lowest BCUT2D eigenvalue weighted by molar-refractivity contribution is -0.176. The van der Waals surface area contributed by atoms with E-state index in [1.165, 1.54) is 38.3 Å². The fourth-order valence-electron chi connectivity index (χ4n) is 2.22. The Morgan fingerprint density at radius 3 is 1.21 bits per heavy atom. The summed E-state index contributed by atoms with van der Waals surface area (Å²) >= 11 is 0. The van der Waals surface area contributed by atoms with E-state index >= 15 is 0 Å². The van der Waals surface area contributed by atoms with Gasteiger partial charge in [0.05, 0.1) is 37.3 Å². The number of carbonyl (C=O) groups excluding carboxylic acids is 4. The number of rotatable bonds is 12. The van der Waals surface area contributed by atoms with Crippen LogP contribution in [0.2, 0.25) is 0 Å². The highest BCUT2D eigenvalue weighted by Gasteiger charge is 2.40. The van der Waals surface area contributed by atoms with Gasteiger partial charge in [-0.1, -0.05) is 0 Å². The van der Waals surface area contributed by atoms with Crippen LogP contribution in [-0.2, 0) is 33.4 Å². The lowest BCUT2D eigenvalue weighted by Crippen LogP contribution is -2.46. The van der Waals surface area contributed by atoms with Crippen LogP contribution < -0.4 is 10.6 Å². The fraction of sp³-hybridized carbons (Fsp3) is 0.778. The summed E-state index contributed by atoms with van der Waals surface area (Å²) in [7, 11) is 0. The first-order valence-corrected chi connectivity index (χ1v) is 9.66. The number of esters is 2. The third-order valence-electron chi connectivity index (χ3n) is 3.40. The summed E-state index contributed by atoms with van der Waals surface area (Å²) < 4.78 is 89.7. The smallest absolute Gasteiger partial charge is 0.463 e. The lowest BCUT2D eigenvalue weighted by Gasteiger charge is -2.25. The van der Waals surface area contributed by atoms with E-state index in [-0.39, 0.29) is 0 Å². The number of halogens is 6. The van der Waals surface area contributed by atoms with Gasteiger partial charge in [0.1, 0.15) is 0 Å². The number of hydrogen-bond donors (Lipinski definition) is 2. The molecule has 0 radical (unpaired) electrons. The Hall–Kier alpha value is -2.58. The minimum absolute atomic E-state index is 0.606. The number of hydrogen-bond acceptors (Lipinski definition) is 7. The molecule has 2 N–H and O–H groups in total. The molecule has 9 nitrogen and oxygen atoms in total. The van der Waals surface area contributed by atoms with Gasteiger partial charge < -0.3 is 24.8 Å². The molecule has 15 heteroatoms. The molecule has 0 saturated carbocycles. The standard InChI is InChI=1S/C18H26F6N2O7/c1-9(2)31-13(27)5-11(7-25-15(29)17(19,20)21)33-12(6-14(28)32-10(3)4)8-26-16(30)18(22,23)24/h9-12H,5-8H2,1-4H3,(H,25,29)(H,26,30). The van der Waals surface area contributed by atoms with Crippen LogP contribution >= 0.6 is 0 Å². The number of ether oxygens (including phenoxy) is 3. The van der Waals surface area contributed by atoms with Crippen molar-refractivity contribution < 1.29 is 59.7 Å². The third-order valence-corrected chi connectivity index (χ3v) is 3.40. The quantitative estimate of drug-likeness (QED) is 0.312. The monoisotopic (exact) mass is 496 g/mol. The van der Waals surface area contributed by atoms with E-state index in [9.17, 15) is 45.5 Å². The van der Waals surface area contributed by atoms with Gasteiger partial charge in [-0.25, -0.2) is 0 Å². The third kappa shape index (κ3) is 14.2. The van der Waals surface area contributed by atoms with Gasteiger partial charge in [-0.05, 0) is 27.7 Å². The summed E-state index contributed by atoms with van der Waals surface area (Å²) in [6.07, 6.45) is -16.2. The summed E-state index contributed by atoms with van der Waals surface area (Å²) in [6, 6.07) is 0. The molecule has 0 bridgehead atoms. The molecule has 2 amide bonds. The number of amides is 2. The number of carbonyl (C=O) groups is 4. The Kier molecular flexibility index (Phi) is 12.2. The first-order chi connectivity index (χ1) is 14.9. The van der Waals surface area contributed by atoms with Crippen LogP contribution in [0.15, 0.2) is 0 Å². The van der Waals surface area contributed by atoms with Crippen molar-refractivity contribution in [3.63, 3.8) is 0 Å². The summed E-state index contributed by atoms with van der Waals surface area (Å²) in [4.78, 5) is 46.0. The van der Waals surface area contributed by atoms with E-state index in [2.05, 4.69) is 0 Å². The van der Waals surface area contributed by atoms with Gasteiger partial charge in [0.25, 0.3) is 0 Å². The minimum atomic E-state index is -5.25. The van der Waals surface area contributed by atoms with Gasteiger partial charge in [0.2, 0.25) is 0 Å². The minimum Gasteiger partial charge on any atom is -0.463 e. The van der Waals surface area contributed by atoms with Crippen molar-refractivity contribution in [2.45, 2.75) is 77.3 Å². The maximum atomic E-state index is 12.5. The molecule has 33 heavy (non-hydrogen) atoms. The number of nitrogens with one attached hydrogen (secondary N) is 2. The Morgan fingerprint density at radius 1 is 0.667 bits per heavy atom. The molecule has 0 aliphatic rings. The second-order valence-electron chi connectivity index (χ2n) is 7.28. The van der Waals surface area contributed by atoms with E-state index in [4.69, 9.17) is 14.2 Å². The zero-order chi connectivity index (χ0) is 26.0. The van der Waals surface area contributed by atoms with Crippen LogP contribution in [0.1, 0.15) is 40.5 Å². The second kappa shape index (κ2) is 13.2. The van der Waals surface area contributed by atoms with Crippen LogP contribution in [0.5, 0.6) is 0 Å². The Balaban J connectivity index is 5.49. The SMILES string of the molecule is CC(C)OC(=O)CC(CNC(=O)C(F)(F)F)OC(CNC(=O)C(F)(F)F)CC(=O)OC(C)C. The van der Waals surface area contributed by atoms with Gasteiger partial charge in [-0.15, -0.1) is 0 Å². The average Bonchev–Trinajstić information content (AvgIpc) is 2.60.